The zero-order valence-electron chi connectivity index (χ0n) is 12.5. The van der Waals surface area contributed by atoms with Crippen LogP contribution in [0.15, 0.2) is 47.1 Å². The first-order valence-electron chi connectivity index (χ1n) is 7.57. The van der Waals surface area contributed by atoms with Crippen molar-refractivity contribution in [3.8, 4) is 0 Å². The van der Waals surface area contributed by atoms with E-state index in [9.17, 15) is 0 Å². The van der Waals surface area contributed by atoms with E-state index in [1.54, 1.807) is 6.26 Å². The van der Waals surface area contributed by atoms with E-state index in [4.69, 9.17) is 10.2 Å². The minimum Gasteiger partial charge on any atom is -0.468 e. The highest BCUT2D eigenvalue weighted by atomic mass is 16.3. The third-order valence-electron chi connectivity index (χ3n) is 4.22. The lowest BCUT2D eigenvalue weighted by atomic mass is 10.1. The molecule has 4 heteroatoms. The van der Waals surface area contributed by atoms with Gasteiger partial charge in [0.15, 0.2) is 0 Å². The van der Waals surface area contributed by atoms with Crippen LogP contribution in [0.3, 0.4) is 0 Å². The number of nitrogens with two attached hydrogens (primary N) is 1. The summed E-state index contributed by atoms with van der Waals surface area (Å²) in [6, 6.07) is 12.9. The van der Waals surface area contributed by atoms with Crippen LogP contribution >= 0.6 is 0 Å². The molecule has 0 amide bonds. The van der Waals surface area contributed by atoms with Crippen molar-refractivity contribution >= 4 is 5.69 Å². The molecule has 1 unspecified atom stereocenters. The molecule has 4 nitrogen and oxygen atoms in total. The summed E-state index contributed by atoms with van der Waals surface area (Å²) >= 11 is 0. The molecule has 1 atom stereocenters. The normalized spacial score (nSPS) is 17.9. The molecular weight excluding hydrogens is 262 g/mol. The summed E-state index contributed by atoms with van der Waals surface area (Å²) in [5, 5.41) is 0. The number of hydrogen-bond donors (Lipinski definition) is 1. The van der Waals surface area contributed by atoms with Crippen molar-refractivity contribution in [2.45, 2.75) is 13.0 Å². The Kier molecular flexibility index (Phi) is 4.27. The molecular formula is C17H23N3O. The molecule has 1 aliphatic heterocycles. The third-order valence-corrected chi connectivity index (χ3v) is 4.22. The third kappa shape index (κ3) is 3.12. The molecule has 0 bridgehead atoms. The number of aryl methyl sites for hydroxylation is 1. The van der Waals surface area contributed by atoms with Crippen LogP contribution in [-0.4, -0.2) is 37.6 Å². The Labute approximate surface area is 126 Å². The van der Waals surface area contributed by atoms with Gasteiger partial charge >= 0.3 is 0 Å². The molecule has 0 saturated carbocycles. The molecule has 1 saturated heterocycles. The van der Waals surface area contributed by atoms with Crippen LogP contribution in [0.5, 0.6) is 0 Å². The van der Waals surface area contributed by atoms with Crippen molar-refractivity contribution in [3.63, 3.8) is 0 Å². The maximum absolute atomic E-state index is 5.95. The van der Waals surface area contributed by atoms with Crippen molar-refractivity contribution in [2.75, 3.05) is 37.6 Å². The van der Waals surface area contributed by atoms with E-state index in [-0.39, 0.29) is 6.04 Å². The van der Waals surface area contributed by atoms with Gasteiger partial charge in [0.1, 0.15) is 5.76 Å². The Morgan fingerprint density at radius 3 is 2.57 bits per heavy atom. The zero-order chi connectivity index (χ0) is 14.7. The molecule has 1 aromatic heterocycles. The highest BCUT2D eigenvalue weighted by Crippen LogP contribution is 2.24. The van der Waals surface area contributed by atoms with E-state index in [1.807, 2.05) is 12.1 Å². The van der Waals surface area contributed by atoms with Crippen molar-refractivity contribution in [1.29, 1.82) is 0 Å². The second kappa shape index (κ2) is 6.33. The summed E-state index contributed by atoms with van der Waals surface area (Å²) in [7, 11) is 0. The minimum atomic E-state index is 0.194. The smallest absolute Gasteiger partial charge is 0.122 e. The molecule has 0 aliphatic carbocycles. The molecule has 0 radical (unpaired) electrons. The lowest BCUT2D eigenvalue weighted by Crippen LogP contribution is -2.49. The standard InChI is InChI=1S/C17H23N3O/c1-14-4-2-5-15(12-14)19-7-9-20(10-8-19)16(13-18)17-6-3-11-21-17/h2-6,11-12,16H,7-10,13,18H2,1H3. The highest BCUT2D eigenvalue weighted by molar-refractivity contribution is 5.48. The summed E-state index contributed by atoms with van der Waals surface area (Å²) in [5.74, 6) is 0.974. The van der Waals surface area contributed by atoms with Gasteiger partial charge in [-0.2, -0.15) is 0 Å². The Morgan fingerprint density at radius 1 is 1.14 bits per heavy atom. The number of piperazine rings is 1. The first-order valence-corrected chi connectivity index (χ1v) is 7.57. The van der Waals surface area contributed by atoms with Crippen molar-refractivity contribution < 1.29 is 4.42 Å². The highest BCUT2D eigenvalue weighted by Gasteiger charge is 2.25. The van der Waals surface area contributed by atoms with E-state index in [0.717, 1.165) is 31.9 Å². The van der Waals surface area contributed by atoms with E-state index in [2.05, 4.69) is 41.0 Å². The molecule has 3 rings (SSSR count). The van der Waals surface area contributed by atoms with Gasteiger partial charge in [0.25, 0.3) is 0 Å². The maximum Gasteiger partial charge on any atom is 0.122 e. The molecule has 112 valence electrons. The lowest BCUT2D eigenvalue weighted by Gasteiger charge is -2.39. The van der Waals surface area contributed by atoms with E-state index < -0.39 is 0 Å². The SMILES string of the molecule is Cc1cccc(N2CCN(C(CN)c3ccco3)CC2)c1. The van der Waals surface area contributed by atoms with Crippen LogP contribution in [-0.2, 0) is 0 Å². The first-order chi connectivity index (χ1) is 10.3. The fourth-order valence-electron chi connectivity index (χ4n) is 3.04. The van der Waals surface area contributed by atoms with Gasteiger partial charge in [-0.1, -0.05) is 12.1 Å². The number of anilines is 1. The van der Waals surface area contributed by atoms with Crippen LogP contribution in [0.4, 0.5) is 5.69 Å². The molecule has 1 aliphatic rings. The predicted octanol–water partition coefficient (Wildman–Crippen LogP) is 2.41. The Morgan fingerprint density at radius 2 is 1.95 bits per heavy atom. The monoisotopic (exact) mass is 285 g/mol. The second-order valence-electron chi connectivity index (χ2n) is 5.63. The maximum atomic E-state index is 5.95. The van der Waals surface area contributed by atoms with Crippen LogP contribution in [0.2, 0.25) is 0 Å². The van der Waals surface area contributed by atoms with Crippen LogP contribution in [0, 0.1) is 6.92 Å². The van der Waals surface area contributed by atoms with Crippen molar-refractivity contribution in [2.24, 2.45) is 5.73 Å². The summed E-state index contributed by atoms with van der Waals surface area (Å²) in [6.45, 7) is 6.81. The van der Waals surface area contributed by atoms with Crippen LogP contribution in [0.1, 0.15) is 17.4 Å². The summed E-state index contributed by atoms with van der Waals surface area (Å²) in [4.78, 5) is 4.87. The van der Waals surface area contributed by atoms with Gasteiger partial charge < -0.3 is 15.1 Å². The van der Waals surface area contributed by atoms with Crippen LogP contribution in [0.25, 0.3) is 0 Å². The second-order valence-corrected chi connectivity index (χ2v) is 5.63. The number of benzene rings is 1. The number of furan rings is 1. The largest absolute Gasteiger partial charge is 0.468 e. The van der Waals surface area contributed by atoms with Crippen molar-refractivity contribution in [3.05, 3.63) is 54.0 Å². The minimum absolute atomic E-state index is 0.194. The number of hydrogen-bond acceptors (Lipinski definition) is 4. The summed E-state index contributed by atoms with van der Waals surface area (Å²) in [6.07, 6.45) is 1.72. The predicted molar refractivity (Wildman–Crippen MR) is 85.5 cm³/mol. The quantitative estimate of drug-likeness (QED) is 0.937. The molecule has 1 aromatic carbocycles. The zero-order valence-corrected chi connectivity index (χ0v) is 12.5. The van der Waals surface area contributed by atoms with Gasteiger partial charge in [-0.3, -0.25) is 4.90 Å². The Balaban J connectivity index is 1.64. The number of rotatable bonds is 4. The molecule has 2 heterocycles. The fourth-order valence-corrected chi connectivity index (χ4v) is 3.04. The number of nitrogens with zero attached hydrogens (tertiary/aromatic N) is 2. The lowest BCUT2D eigenvalue weighted by molar-refractivity contribution is 0.169. The summed E-state index contributed by atoms with van der Waals surface area (Å²) in [5.41, 5.74) is 8.57. The Hall–Kier alpha value is -1.78. The molecule has 0 spiro atoms. The van der Waals surface area contributed by atoms with E-state index in [0.29, 0.717) is 6.54 Å². The summed E-state index contributed by atoms with van der Waals surface area (Å²) < 4.78 is 5.53. The molecule has 2 N–H and O–H groups in total. The average Bonchev–Trinajstić information content (AvgIpc) is 3.03. The topological polar surface area (TPSA) is 45.6 Å². The van der Waals surface area contributed by atoms with Gasteiger partial charge in [0, 0.05) is 38.4 Å². The van der Waals surface area contributed by atoms with Gasteiger partial charge in [0.2, 0.25) is 0 Å². The average molecular weight is 285 g/mol. The van der Waals surface area contributed by atoms with Crippen molar-refractivity contribution in [1.82, 2.24) is 4.90 Å². The molecule has 21 heavy (non-hydrogen) atoms. The van der Waals surface area contributed by atoms with Crippen LogP contribution < -0.4 is 10.6 Å². The van der Waals surface area contributed by atoms with Gasteiger partial charge in [0.05, 0.1) is 12.3 Å². The van der Waals surface area contributed by atoms with Gasteiger partial charge in [-0.15, -0.1) is 0 Å². The van der Waals surface area contributed by atoms with E-state index >= 15 is 0 Å². The fraction of sp³-hybridized carbons (Fsp3) is 0.412. The van der Waals surface area contributed by atoms with E-state index in [1.165, 1.54) is 11.3 Å². The first kappa shape index (κ1) is 14.2. The molecule has 1 fully saturated rings. The van der Waals surface area contributed by atoms with Gasteiger partial charge in [-0.05, 0) is 36.8 Å². The molecule has 2 aromatic rings. The van der Waals surface area contributed by atoms with Gasteiger partial charge in [-0.25, -0.2) is 0 Å². The Bertz CT molecular complexity index is 559.